The van der Waals surface area contributed by atoms with Crippen molar-refractivity contribution in [3.05, 3.63) is 5.32 Å². The van der Waals surface area contributed by atoms with Gasteiger partial charge in [0.2, 0.25) is 11.8 Å². The van der Waals surface area contributed by atoms with Crippen molar-refractivity contribution in [1.82, 2.24) is 9.80 Å². The predicted octanol–water partition coefficient (Wildman–Crippen LogP) is 11.8. The molecule has 0 spiro atoms. The number of hydrogen-bond donors (Lipinski definition) is 1. The summed E-state index contributed by atoms with van der Waals surface area (Å²) in [7, 11) is 1.67. The van der Waals surface area contributed by atoms with E-state index >= 15 is 0 Å². The Morgan fingerprint density at radius 2 is 0.957 bits per heavy atom. The molecule has 47 heavy (non-hydrogen) atoms. The van der Waals surface area contributed by atoms with Crippen LogP contribution in [0, 0.1) is 0 Å². The smallest absolute Gasteiger partial charge is 0.220 e. The Labute approximate surface area is 318 Å². The van der Waals surface area contributed by atoms with Crippen LogP contribution in [-0.2, 0) is 40.2 Å². The van der Waals surface area contributed by atoms with Crippen LogP contribution in [0.15, 0.2) is 0 Å². The molecule has 2 amide bonds. The van der Waals surface area contributed by atoms with Crippen LogP contribution in [0.25, 0.3) is 5.32 Å². The summed E-state index contributed by atoms with van der Waals surface area (Å²) >= 11 is 4.11. The molecule has 0 rings (SSSR count). The summed E-state index contributed by atoms with van der Waals surface area (Å²) in [6.45, 7) is 14.5. The molecule has 0 aromatic heterocycles. The van der Waals surface area contributed by atoms with Gasteiger partial charge in [0.1, 0.15) is 0 Å². The molecule has 0 saturated heterocycles. The normalized spacial score (nSPS) is 10.9. The van der Waals surface area contributed by atoms with Crippen molar-refractivity contribution >= 4 is 30.7 Å². The van der Waals surface area contributed by atoms with Gasteiger partial charge in [-0.2, -0.15) is 19.7 Å². The Kier molecular flexibility index (Phi) is 52.2. The van der Waals surface area contributed by atoms with Crippen LogP contribution in [0.3, 0.4) is 0 Å². The number of amides is 2. The minimum absolute atomic E-state index is 0. The first-order valence-corrected chi connectivity index (χ1v) is 19.9. The van der Waals surface area contributed by atoms with E-state index in [1.807, 2.05) is 18.1 Å². The average molecular weight is 849 g/mol. The monoisotopic (exact) mass is 850 g/mol. The zero-order valence-electron chi connectivity index (χ0n) is 32.4. The topological polar surface area (TPSA) is 71.8 Å². The summed E-state index contributed by atoms with van der Waals surface area (Å²) < 4.78 is 0. The summed E-state index contributed by atoms with van der Waals surface area (Å²) in [6.07, 6.45) is 33.0. The van der Waals surface area contributed by atoms with E-state index in [2.05, 4.69) is 45.6 Å². The number of hydrogen-bond acceptors (Lipinski definition) is 4. The van der Waals surface area contributed by atoms with Crippen LogP contribution in [0.1, 0.15) is 202 Å². The molecule has 0 aromatic carbocycles. The third-order valence-corrected chi connectivity index (χ3v) is 8.49. The standard InChI is InChI=1S/C26H50NO2.C7H16.C6H13N2OS.Hf/c1-3-5-7-9-11-12-13-14-15-16-18-20-24-27(26(29)22-21-25-28)23-19-17-10-8-6-4-2;1-3-5-7-6-4-2;1-5(9)8(4-7-3)6(2)10;/h3-24H2,1-2H3;3-7H2,1-2H3;6,10H,4H2,1-3H3;/q-1;;-1;. The summed E-state index contributed by atoms with van der Waals surface area (Å²) in [5, 5.41) is 3.78. The molecule has 1 unspecified atom stereocenters. The minimum atomic E-state index is -0.0544. The second-order valence-corrected chi connectivity index (χ2v) is 13.6. The summed E-state index contributed by atoms with van der Waals surface area (Å²) in [5.74, 6) is 0.151. The maximum absolute atomic E-state index is 12.3. The van der Waals surface area contributed by atoms with E-state index in [0.717, 1.165) is 25.9 Å². The summed E-state index contributed by atoms with van der Waals surface area (Å²) in [4.78, 5) is 37.2. The fourth-order valence-electron chi connectivity index (χ4n) is 5.21. The molecule has 0 aliphatic heterocycles. The van der Waals surface area contributed by atoms with E-state index < -0.39 is 0 Å². The second kappa shape index (κ2) is 45.8. The molecule has 0 heterocycles. The molecular weight excluding hydrogens is 769 g/mol. The van der Waals surface area contributed by atoms with Crippen LogP contribution in [0.2, 0.25) is 0 Å². The Balaban J connectivity index is -0.000000419. The third-order valence-electron chi connectivity index (χ3n) is 8.21. The van der Waals surface area contributed by atoms with Gasteiger partial charge in [0.25, 0.3) is 0 Å². The molecule has 6 nitrogen and oxygen atoms in total. The van der Waals surface area contributed by atoms with Crippen molar-refractivity contribution in [1.29, 1.82) is 0 Å². The Morgan fingerprint density at radius 1 is 0.638 bits per heavy atom. The number of thiol groups is 1. The Hall–Kier alpha value is -0.210. The molecule has 0 saturated carbocycles. The number of carbonyl (C=O) groups is 2. The van der Waals surface area contributed by atoms with Crippen LogP contribution in [0.4, 0.5) is 0 Å². The van der Waals surface area contributed by atoms with Crippen molar-refractivity contribution < 1.29 is 40.2 Å². The van der Waals surface area contributed by atoms with E-state index in [4.69, 9.17) is 0 Å². The van der Waals surface area contributed by atoms with Crippen molar-refractivity contribution in [2.45, 2.75) is 207 Å². The predicted molar refractivity (Wildman–Crippen MR) is 206 cm³/mol. The Bertz CT molecular complexity index is 637. The van der Waals surface area contributed by atoms with Crippen LogP contribution < -0.4 is 0 Å². The van der Waals surface area contributed by atoms with Crippen molar-refractivity contribution in [2.24, 2.45) is 0 Å². The van der Waals surface area contributed by atoms with Gasteiger partial charge in [-0.15, -0.1) is 6.42 Å². The minimum Gasteiger partial charge on any atom is -0.648 e. The number of unbranched alkanes of at least 4 members (excludes halogenated alkanes) is 20. The SMILES string of the molecule is CCCCCCC.CCCCCCCCCCCCCCN(CCCCCCCC)C(=O)CC[C-]=O.C[N-]CN(C(C)=O)C(C)S.[Hf]. The maximum Gasteiger partial charge on any atom is 0.220 e. The molecule has 0 aromatic rings. The average Bonchev–Trinajstić information content (AvgIpc) is 3.04. The molecule has 280 valence electrons. The van der Waals surface area contributed by atoms with Gasteiger partial charge < -0.3 is 19.9 Å². The molecule has 0 fully saturated rings. The maximum atomic E-state index is 12.3. The number of nitrogens with zero attached hydrogens (tertiary/aromatic N) is 3. The van der Waals surface area contributed by atoms with Crippen molar-refractivity contribution in [3.8, 4) is 0 Å². The fraction of sp³-hybridized carbons (Fsp3) is 0.923. The van der Waals surface area contributed by atoms with Gasteiger partial charge in [-0.3, -0.25) is 15.9 Å². The van der Waals surface area contributed by atoms with E-state index in [-0.39, 0.29) is 49.5 Å². The zero-order valence-corrected chi connectivity index (χ0v) is 36.9. The zero-order chi connectivity index (χ0) is 35.1. The number of carbonyl (C=O) groups excluding carboxylic acids is 3. The molecule has 0 bridgehead atoms. The van der Waals surface area contributed by atoms with Gasteiger partial charge in [0.05, 0.1) is 5.37 Å². The first kappa shape index (κ1) is 53.6. The third kappa shape index (κ3) is 43.8. The summed E-state index contributed by atoms with van der Waals surface area (Å²) in [6, 6.07) is 0. The van der Waals surface area contributed by atoms with Gasteiger partial charge in [-0.1, -0.05) is 169 Å². The first-order chi connectivity index (χ1) is 22.3. The van der Waals surface area contributed by atoms with Gasteiger partial charge in [-0.05, 0) is 19.8 Å². The van der Waals surface area contributed by atoms with E-state index in [0.29, 0.717) is 13.1 Å². The number of rotatable bonds is 30. The largest absolute Gasteiger partial charge is 0.648 e. The molecule has 0 N–H and O–H groups in total. The van der Waals surface area contributed by atoms with Gasteiger partial charge in [0.15, 0.2) is 0 Å². The van der Waals surface area contributed by atoms with Gasteiger partial charge in [0, 0.05) is 52.3 Å². The quantitative estimate of drug-likeness (QED) is 0.0257. The second-order valence-electron chi connectivity index (χ2n) is 12.8. The van der Waals surface area contributed by atoms with Crippen molar-refractivity contribution in [3.63, 3.8) is 0 Å². The molecule has 0 radical (unpaired) electrons. The molecular formula is C39H79HfN3O3S-2. The van der Waals surface area contributed by atoms with Gasteiger partial charge >= 0.3 is 0 Å². The first-order valence-electron chi connectivity index (χ1n) is 19.4. The molecule has 0 aliphatic carbocycles. The van der Waals surface area contributed by atoms with Crippen molar-refractivity contribution in [2.75, 3.05) is 26.8 Å². The van der Waals surface area contributed by atoms with E-state index in [1.54, 1.807) is 11.9 Å². The molecule has 1 atom stereocenters. The van der Waals surface area contributed by atoms with Crippen LogP contribution >= 0.6 is 12.6 Å². The van der Waals surface area contributed by atoms with E-state index in [1.165, 1.54) is 142 Å². The molecule has 8 heteroatoms. The van der Waals surface area contributed by atoms with Gasteiger partial charge in [-0.25, -0.2) is 0 Å². The van der Waals surface area contributed by atoms with Crippen LogP contribution in [-0.4, -0.2) is 60.1 Å². The van der Waals surface area contributed by atoms with E-state index in [9.17, 15) is 14.4 Å². The fourth-order valence-corrected chi connectivity index (χ4v) is 5.45. The summed E-state index contributed by atoms with van der Waals surface area (Å²) in [5.41, 5.74) is 0. The van der Waals surface area contributed by atoms with Crippen LogP contribution in [0.5, 0.6) is 0 Å². The Morgan fingerprint density at radius 3 is 1.21 bits per heavy atom. The molecule has 0 aliphatic rings.